The number of nitrogens with zero attached hydrogens (tertiary/aromatic N) is 1. The van der Waals surface area contributed by atoms with Crippen LogP contribution in [0.1, 0.15) is 32.1 Å². The Balaban J connectivity index is 0.00000312. The third-order valence-corrected chi connectivity index (χ3v) is 4.79. The number of nitrogens with one attached hydrogen (secondary N) is 2. The first-order valence-corrected chi connectivity index (χ1v) is 9.82. The fraction of sp³-hybridized carbons (Fsp3) is 0.722. The Kier molecular flexibility index (Phi) is 11.7. The van der Waals surface area contributed by atoms with Gasteiger partial charge in [0.15, 0.2) is 5.96 Å². The van der Waals surface area contributed by atoms with Gasteiger partial charge >= 0.3 is 0 Å². The summed E-state index contributed by atoms with van der Waals surface area (Å²) >= 11 is 1.82. The quantitative estimate of drug-likeness (QED) is 0.323. The minimum absolute atomic E-state index is 0. The van der Waals surface area contributed by atoms with E-state index in [-0.39, 0.29) is 36.1 Å². The highest BCUT2D eigenvalue weighted by Gasteiger charge is 2.17. The molecule has 3 atom stereocenters. The first kappa shape index (κ1) is 22.7. The Morgan fingerprint density at radius 3 is 2.96 bits per heavy atom. The molecule has 7 heteroatoms. The van der Waals surface area contributed by atoms with Crippen molar-refractivity contribution in [2.45, 2.75) is 45.8 Å². The number of thiophene rings is 1. The molecule has 2 heterocycles. The van der Waals surface area contributed by atoms with Crippen molar-refractivity contribution in [2.24, 2.45) is 10.9 Å². The van der Waals surface area contributed by atoms with Crippen LogP contribution < -0.4 is 10.6 Å². The highest BCUT2D eigenvalue weighted by Crippen LogP contribution is 2.14. The Bertz CT molecular complexity index is 479. The summed E-state index contributed by atoms with van der Waals surface area (Å²) in [6, 6.07) is 4.52. The lowest BCUT2D eigenvalue weighted by molar-refractivity contribution is 0.0347. The molecule has 2 N–H and O–H groups in total. The van der Waals surface area contributed by atoms with E-state index >= 15 is 0 Å². The number of halogens is 1. The third-order valence-electron chi connectivity index (χ3n) is 3.89. The SMILES string of the molecule is CCNC(=NCC(C)Cc1cccs1)NC(C)COC1CCOC1.I. The monoisotopic (exact) mass is 481 g/mol. The van der Waals surface area contributed by atoms with E-state index in [2.05, 4.69) is 48.9 Å². The fourth-order valence-corrected chi connectivity index (χ4v) is 3.47. The summed E-state index contributed by atoms with van der Waals surface area (Å²) in [6.45, 7) is 10.3. The lowest BCUT2D eigenvalue weighted by Gasteiger charge is -2.20. The van der Waals surface area contributed by atoms with Crippen LogP contribution in [0.25, 0.3) is 0 Å². The van der Waals surface area contributed by atoms with Gasteiger partial charge in [-0.2, -0.15) is 0 Å². The van der Waals surface area contributed by atoms with Crippen molar-refractivity contribution >= 4 is 41.3 Å². The Hall–Kier alpha value is -0.380. The van der Waals surface area contributed by atoms with Gasteiger partial charge in [-0.3, -0.25) is 4.99 Å². The lowest BCUT2D eigenvalue weighted by atomic mass is 10.1. The van der Waals surface area contributed by atoms with Crippen LogP contribution in [0.3, 0.4) is 0 Å². The van der Waals surface area contributed by atoms with Crippen LogP contribution in [0.15, 0.2) is 22.5 Å². The van der Waals surface area contributed by atoms with E-state index < -0.39 is 0 Å². The van der Waals surface area contributed by atoms with Gasteiger partial charge in [-0.05, 0) is 44.1 Å². The molecule has 25 heavy (non-hydrogen) atoms. The number of aliphatic imine (C=N–C) groups is 1. The van der Waals surface area contributed by atoms with Gasteiger partial charge in [0.25, 0.3) is 0 Å². The highest BCUT2D eigenvalue weighted by molar-refractivity contribution is 14.0. The van der Waals surface area contributed by atoms with Crippen LogP contribution in [0.4, 0.5) is 0 Å². The van der Waals surface area contributed by atoms with Gasteiger partial charge in [0.05, 0.1) is 19.3 Å². The summed E-state index contributed by atoms with van der Waals surface area (Å²) in [5.74, 6) is 1.40. The second-order valence-corrected chi connectivity index (χ2v) is 7.50. The zero-order chi connectivity index (χ0) is 17.2. The second-order valence-electron chi connectivity index (χ2n) is 6.47. The van der Waals surface area contributed by atoms with Crippen LogP contribution in [-0.2, 0) is 15.9 Å². The van der Waals surface area contributed by atoms with Crippen molar-refractivity contribution in [2.75, 3.05) is 32.9 Å². The summed E-state index contributed by atoms with van der Waals surface area (Å²) in [7, 11) is 0. The molecule has 0 saturated carbocycles. The smallest absolute Gasteiger partial charge is 0.191 e. The molecule has 0 spiro atoms. The summed E-state index contributed by atoms with van der Waals surface area (Å²) in [6.07, 6.45) is 2.33. The average Bonchev–Trinajstić information content (AvgIpc) is 3.24. The van der Waals surface area contributed by atoms with Crippen molar-refractivity contribution in [3.8, 4) is 0 Å². The molecule has 144 valence electrons. The van der Waals surface area contributed by atoms with Crippen molar-refractivity contribution in [1.29, 1.82) is 0 Å². The lowest BCUT2D eigenvalue weighted by Crippen LogP contribution is -2.44. The van der Waals surface area contributed by atoms with Crippen molar-refractivity contribution in [1.82, 2.24) is 10.6 Å². The first-order chi connectivity index (χ1) is 11.7. The summed E-state index contributed by atoms with van der Waals surface area (Å²) in [5, 5.41) is 8.88. The van der Waals surface area contributed by atoms with Gasteiger partial charge in [0.2, 0.25) is 0 Å². The Morgan fingerprint density at radius 1 is 1.48 bits per heavy atom. The van der Waals surface area contributed by atoms with Crippen LogP contribution in [-0.4, -0.2) is 51.0 Å². The van der Waals surface area contributed by atoms with Crippen molar-refractivity contribution in [3.63, 3.8) is 0 Å². The van der Waals surface area contributed by atoms with E-state index in [9.17, 15) is 0 Å². The minimum Gasteiger partial charge on any atom is -0.379 e. The zero-order valence-corrected chi connectivity index (χ0v) is 18.6. The molecule has 1 aromatic heterocycles. The topological polar surface area (TPSA) is 54.9 Å². The average molecular weight is 481 g/mol. The van der Waals surface area contributed by atoms with Crippen LogP contribution in [0, 0.1) is 5.92 Å². The predicted octanol–water partition coefficient (Wildman–Crippen LogP) is 3.29. The van der Waals surface area contributed by atoms with Gasteiger partial charge < -0.3 is 20.1 Å². The zero-order valence-electron chi connectivity index (χ0n) is 15.5. The predicted molar refractivity (Wildman–Crippen MR) is 116 cm³/mol. The largest absolute Gasteiger partial charge is 0.379 e. The summed E-state index contributed by atoms with van der Waals surface area (Å²) in [5.41, 5.74) is 0. The van der Waals surface area contributed by atoms with Crippen molar-refractivity contribution in [3.05, 3.63) is 22.4 Å². The van der Waals surface area contributed by atoms with Gasteiger partial charge in [-0.15, -0.1) is 35.3 Å². The molecular weight excluding hydrogens is 449 g/mol. The number of guanidine groups is 1. The minimum atomic E-state index is 0. The van der Waals surface area contributed by atoms with Gasteiger partial charge in [0, 0.05) is 30.6 Å². The van der Waals surface area contributed by atoms with E-state index in [4.69, 9.17) is 14.5 Å². The molecule has 1 aromatic rings. The number of hydrogen-bond donors (Lipinski definition) is 2. The first-order valence-electron chi connectivity index (χ1n) is 8.94. The van der Waals surface area contributed by atoms with E-state index in [1.807, 2.05) is 11.3 Å². The van der Waals surface area contributed by atoms with Gasteiger partial charge in [-0.1, -0.05) is 13.0 Å². The van der Waals surface area contributed by atoms with E-state index in [1.54, 1.807) is 0 Å². The standard InChI is InChI=1S/C18H31N3O2S.HI/c1-4-19-18(20-11-14(2)10-17-6-5-9-24-17)21-15(3)12-23-16-7-8-22-13-16;/h5-6,9,14-16H,4,7-8,10-13H2,1-3H3,(H2,19,20,21);1H. The van der Waals surface area contributed by atoms with Crippen molar-refractivity contribution < 1.29 is 9.47 Å². The maximum absolute atomic E-state index is 5.87. The molecule has 1 saturated heterocycles. The molecule has 0 amide bonds. The summed E-state index contributed by atoms with van der Waals surface area (Å²) in [4.78, 5) is 6.16. The van der Waals surface area contributed by atoms with Crippen LogP contribution in [0.5, 0.6) is 0 Å². The second kappa shape index (κ2) is 12.9. The Labute approximate surface area is 173 Å². The van der Waals surface area contributed by atoms with E-state index in [1.165, 1.54) is 4.88 Å². The molecule has 0 bridgehead atoms. The van der Waals surface area contributed by atoms with E-state index in [0.29, 0.717) is 12.5 Å². The number of hydrogen-bond acceptors (Lipinski definition) is 4. The fourth-order valence-electron chi connectivity index (χ4n) is 2.60. The van der Waals surface area contributed by atoms with Crippen LogP contribution >= 0.6 is 35.3 Å². The molecule has 3 unspecified atom stereocenters. The number of ether oxygens (including phenoxy) is 2. The van der Waals surface area contributed by atoms with Gasteiger partial charge in [0.1, 0.15) is 0 Å². The maximum atomic E-state index is 5.87. The molecule has 0 aliphatic carbocycles. The Morgan fingerprint density at radius 2 is 2.32 bits per heavy atom. The van der Waals surface area contributed by atoms with Gasteiger partial charge in [-0.25, -0.2) is 0 Å². The molecular formula is C18H32IN3O2S. The van der Waals surface area contributed by atoms with E-state index in [0.717, 1.165) is 45.1 Å². The molecule has 0 aromatic carbocycles. The van der Waals surface area contributed by atoms with Crippen LogP contribution in [0.2, 0.25) is 0 Å². The molecule has 2 rings (SSSR count). The molecule has 0 radical (unpaired) electrons. The number of rotatable bonds is 9. The maximum Gasteiger partial charge on any atom is 0.191 e. The third kappa shape index (κ3) is 9.21. The molecule has 1 aliphatic heterocycles. The summed E-state index contributed by atoms with van der Waals surface area (Å²) < 4.78 is 11.2. The highest BCUT2D eigenvalue weighted by atomic mass is 127. The molecule has 1 fully saturated rings. The normalized spacial score (nSPS) is 20.0. The molecule has 1 aliphatic rings. The molecule has 5 nitrogen and oxygen atoms in total.